The first-order chi connectivity index (χ1) is 8.86. The molecule has 0 saturated carbocycles. The number of hydrogen-bond donors (Lipinski definition) is 0. The Morgan fingerprint density at radius 3 is 3.11 bits per heavy atom. The topological polar surface area (TPSA) is 57.2 Å². The Morgan fingerprint density at radius 2 is 2.28 bits per heavy atom. The van der Waals surface area contributed by atoms with E-state index >= 15 is 0 Å². The quantitative estimate of drug-likeness (QED) is 0.691. The van der Waals surface area contributed by atoms with Gasteiger partial charge in [0.05, 0.1) is 24.9 Å². The molecule has 0 atom stereocenters. The van der Waals surface area contributed by atoms with Crippen LogP contribution in [0.3, 0.4) is 0 Å². The highest BCUT2D eigenvalue weighted by Crippen LogP contribution is 2.14. The standard InChI is InChI=1S/C12H13N5O/c1-18-7-6-16-9-10(8-13-16)12-14-11-4-2-3-5-17(11)15-12/h2-5,8-9H,6-7H2,1H3. The van der Waals surface area contributed by atoms with Gasteiger partial charge < -0.3 is 4.74 Å². The van der Waals surface area contributed by atoms with Crippen molar-refractivity contribution in [1.29, 1.82) is 0 Å². The fourth-order valence-electron chi connectivity index (χ4n) is 1.74. The van der Waals surface area contributed by atoms with Gasteiger partial charge in [0.25, 0.3) is 0 Å². The first kappa shape index (κ1) is 10.9. The zero-order valence-electron chi connectivity index (χ0n) is 10.0. The van der Waals surface area contributed by atoms with E-state index in [1.165, 1.54) is 0 Å². The van der Waals surface area contributed by atoms with E-state index in [0.29, 0.717) is 12.4 Å². The molecule has 0 aliphatic carbocycles. The number of aromatic nitrogens is 5. The van der Waals surface area contributed by atoms with Crippen LogP contribution in [0, 0.1) is 0 Å². The number of methoxy groups -OCH3 is 1. The molecule has 0 spiro atoms. The summed E-state index contributed by atoms with van der Waals surface area (Å²) in [4.78, 5) is 4.44. The third-order valence-electron chi connectivity index (χ3n) is 2.66. The molecular weight excluding hydrogens is 230 g/mol. The lowest BCUT2D eigenvalue weighted by Crippen LogP contribution is -2.03. The van der Waals surface area contributed by atoms with Crippen molar-refractivity contribution in [1.82, 2.24) is 24.4 Å². The van der Waals surface area contributed by atoms with Gasteiger partial charge in [0.2, 0.25) is 0 Å². The van der Waals surface area contributed by atoms with E-state index in [4.69, 9.17) is 4.74 Å². The van der Waals surface area contributed by atoms with Crippen LogP contribution in [-0.4, -0.2) is 38.1 Å². The van der Waals surface area contributed by atoms with Crippen molar-refractivity contribution < 1.29 is 4.74 Å². The van der Waals surface area contributed by atoms with Gasteiger partial charge in [0.1, 0.15) is 0 Å². The predicted molar refractivity (Wildman–Crippen MR) is 66.1 cm³/mol. The number of hydrogen-bond acceptors (Lipinski definition) is 4. The molecule has 0 N–H and O–H groups in total. The van der Waals surface area contributed by atoms with Crippen LogP contribution in [0.5, 0.6) is 0 Å². The van der Waals surface area contributed by atoms with Gasteiger partial charge in [-0.25, -0.2) is 9.50 Å². The highest BCUT2D eigenvalue weighted by Gasteiger charge is 2.08. The maximum Gasteiger partial charge on any atom is 0.185 e. The van der Waals surface area contributed by atoms with Gasteiger partial charge >= 0.3 is 0 Å². The summed E-state index contributed by atoms with van der Waals surface area (Å²) >= 11 is 0. The van der Waals surface area contributed by atoms with Crippen LogP contribution in [0.1, 0.15) is 0 Å². The minimum atomic E-state index is 0.639. The van der Waals surface area contributed by atoms with Crippen LogP contribution < -0.4 is 0 Å². The second kappa shape index (κ2) is 4.58. The zero-order chi connectivity index (χ0) is 12.4. The molecule has 0 unspecified atom stereocenters. The van der Waals surface area contributed by atoms with E-state index in [1.807, 2.05) is 35.3 Å². The molecule has 0 fully saturated rings. The third-order valence-corrected chi connectivity index (χ3v) is 2.66. The minimum absolute atomic E-state index is 0.639. The number of pyridine rings is 1. The molecule has 6 heteroatoms. The second-order valence-electron chi connectivity index (χ2n) is 3.92. The van der Waals surface area contributed by atoms with Crippen molar-refractivity contribution in [2.24, 2.45) is 0 Å². The number of fused-ring (bicyclic) bond motifs is 1. The Kier molecular flexibility index (Phi) is 2.77. The number of rotatable bonds is 4. The van der Waals surface area contributed by atoms with Gasteiger partial charge in [0, 0.05) is 19.5 Å². The van der Waals surface area contributed by atoms with Gasteiger partial charge in [-0.2, -0.15) is 5.10 Å². The highest BCUT2D eigenvalue weighted by molar-refractivity contribution is 5.55. The Hall–Kier alpha value is -2.21. The summed E-state index contributed by atoms with van der Waals surface area (Å²) in [6, 6.07) is 5.79. The van der Waals surface area contributed by atoms with Crippen molar-refractivity contribution >= 4 is 5.65 Å². The molecule has 3 aromatic heterocycles. The molecule has 0 bridgehead atoms. The van der Waals surface area contributed by atoms with Gasteiger partial charge in [0.15, 0.2) is 11.5 Å². The van der Waals surface area contributed by atoms with Gasteiger partial charge in [-0.3, -0.25) is 4.68 Å². The summed E-state index contributed by atoms with van der Waals surface area (Å²) in [6.07, 6.45) is 5.57. The Balaban J connectivity index is 1.91. The average Bonchev–Trinajstić information content (AvgIpc) is 3.02. The van der Waals surface area contributed by atoms with Crippen molar-refractivity contribution in [3.8, 4) is 11.4 Å². The van der Waals surface area contributed by atoms with Crippen LogP contribution in [0.4, 0.5) is 0 Å². The molecule has 3 rings (SSSR count). The molecule has 18 heavy (non-hydrogen) atoms. The predicted octanol–water partition coefficient (Wildman–Crippen LogP) is 1.24. The van der Waals surface area contributed by atoms with E-state index in [1.54, 1.807) is 17.8 Å². The molecule has 0 aliphatic rings. The normalized spacial score (nSPS) is 11.2. The fraction of sp³-hybridized carbons (Fsp3) is 0.250. The molecule has 3 heterocycles. The van der Waals surface area contributed by atoms with E-state index in [-0.39, 0.29) is 0 Å². The third kappa shape index (κ3) is 1.98. The highest BCUT2D eigenvalue weighted by atomic mass is 16.5. The maximum atomic E-state index is 5.01. The zero-order valence-corrected chi connectivity index (χ0v) is 10.0. The molecule has 0 aliphatic heterocycles. The lowest BCUT2D eigenvalue weighted by molar-refractivity contribution is 0.183. The van der Waals surface area contributed by atoms with E-state index in [0.717, 1.165) is 17.8 Å². The summed E-state index contributed by atoms with van der Waals surface area (Å²) in [5.74, 6) is 0.685. The lowest BCUT2D eigenvalue weighted by Gasteiger charge is -1.97. The molecule has 6 nitrogen and oxygen atoms in total. The Labute approximate surface area is 104 Å². The van der Waals surface area contributed by atoms with E-state index < -0.39 is 0 Å². The largest absolute Gasteiger partial charge is 0.383 e. The molecule has 0 saturated heterocycles. The molecular formula is C12H13N5O. The maximum absolute atomic E-state index is 5.01. The molecule has 0 radical (unpaired) electrons. The SMILES string of the molecule is COCCn1cc(-c2nc3ccccn3n2)cn1. The lowest BCUT2D eigenvalue weighted by atomic mass is 10.3. The molecule has 0 aromatic carbocycles. The monoisotopic (exact) mass is 243 g/mol. The van der Waals surface area contributed by atoms with Crippen LogP contribution in [0.15, 0.2) is 36.8 Å². The van der Waals surface area contributed by atoms with Crippen LogP contribution in [-0.2, 0) is 11.3 Å². The Bertz CT molecular complexity index is 624. The van der Waals surface area contributed by atoms with Gasteiger partial charge in [-0.1, -0.05) is 6.07 Å². The summed E-state index contributed by atoms with van der Waals surface area (Å²) in [7, 11) is 1.67. The summed E-state index contributed by atoms with van der Waals surface area (Å²) in [5.41, 5.74) is 1.74. The average molecular weight is 243 g/mol. The fourth-order valence-corrected chi connectivity index (χ4v) is 1.74. The van der Waals surface area contributed by atoms with E-state index in [2.05, 4.69) is 15.2 Å². The van der Waals surface area contributed by atoms with Crippen LogP contribution in [0.2, 0.25) is 0 Å². The smallest absolute Gasteiger partial charge is 0.185 e. The van der Waals surface area contributed by atoms with Crippen molar-refractivity contribution in [3.05, 3.63) is 36.8 Å². The second-order valence-corrected chi connectivity index (χ2v) is 3.92. The van der Waals surface area contributed by atoms with Crippen molar-refractivity contribution in [2.75, 3.05) is 13.7 Å². The first-order valence-corrected chi connectivity index (χ1v) is 5.70. The summed E-state index contributed by atoms with van der Waals surface area (Å²) in [5, 5.41) is 8.65. The summed E-state index contributed by atoms with van der Waals surface area (Å²) < 4.78 is 8.59. The van der Waals surface area contributed by atoms with Crippen molar-refractivity contribution in [2.45, 2.75) is 6.54 Å². The summed E-state index contributed by atoms with van der Waals surface area (Å²) in [6.45, 7) is 1.36. The van der Waals surface area contributed by atoms with E-state index in [9.17, 15) is 0 Å². The van der Waals surface area contributed by atoms with Gasteiger partial charge in [-0.05, 0) is 12.1 Å². The Morgan fingerprint density at radius 1 is 1.33 bits per heavy atom. The number of nitrogens with zero attached hydrogens (tertiary/aromatic N) is 5. The number of ether oxygens (including phenoxy) is 1. The van der Waals surface area contributed by atoms with Crippen LogP contribution >= 0.6 is 0 Å². The molecule has 3 aromatic rings. The van der Waals surface area contributed by atoms with Crippen LogP contribution in [0.25, 0.3) is 17.0 Å². The minimum Gasteiger partial charge on any atom is -0.383 e. The molecule has 92 valence electrons. The molecule has 0 amide bonds. The van der Waals surface area contributed by atoms with Crippen molar-refractivity contribution in [3.63, 3.8) is 0 Å². The first-order valence-electron chi connectivity index (χ1n) is 5.70. The van der Waals surface area contributed by atoms with Gasteiger partial charge in [-0.15, -0.1) is 5.10 Å².